The lowest BCUT2D eigenvalue weighted by Gasteiger charge is -1.96. The topological polar surface area (TPSA) is 64.9 Å². The Bertz CT molecular complexity index is 743. The van der Waals surface area contributed by atoms with E-state index in [0.29, 0.717) is 12.3 Å². The number of aromatic nitrogens is 2. The first-order valence-electron chi connectivity index (χ1n) is 6.56. The Balaban J connectivity index is 1.68. The Labute approximate surface area is 124 Å². The van der Waals surface area contributed by atoms with E-state index in [1.54, 1.807) is 22.7 Å². The summed E-state index contributed by atoms with van der Waals surface area (Å²) in [6, 6.07) is 4.11. The van der Waals surface area contributed by atoms with Crippen molar-refractivity contribution in [2.75, 3.05) is 5.73 Å². The number of hydrogen-bond donors (Lipinski definition) is 1. The van der Waals surface area contributed by atoms with Crippen molar-refractivity contribution in [2.24, 2.45) is 0 Å². The monoisotopic (exact) mass is 303 g/mol. The second-order valence-corrected chi connectivity index (χ2v) is 7.04. The minimum atomic E-state index is 0.577. The maximum atomic E-state index is 6.12. The predicted molar refractivity (Wildman–Crippen MR) is 81.2 cm³/mol. The number of hydrogen-bond acceptors (Lipinski definition) is 6. The standard InChI is InChI=1S/C14H13N3OS2/c15-13-12(9-4-1-5-10(9)20-13)14-16-11(17-18-14)7-8-3-2-6-19-8/h2-3,6H,1,4-5,7,15H2. The summed E-state index contributed by atoms with van der Waals surface area (Å²) in [6.45, 7) is 0. The minimum Gasteiger partial charge on any atom is -0.390 e. The van der Waals surface area contributed by atoms with Gasteiger partial charge in [-0.2, -0.15) is 4.98 Å². The smallest absolute Gasteiger partial charge is 0.261 e. The van der Waals surface area contributed by atoms with Crippen molar-refractivity contribution in [3.05, 3.63) is 38.7 Å². The van der Waals surface area contributed by atoms with Gasteiger partial charge in [-0.15, -0.1) is 22.7 Å². The molecule has 0 aliphatic heterocycles. The zero-order valence-electron chi connectivity index (χ0n) is 10.8. The van der Waals surface area contributed by atoms with Crippen LogP contribution in [0.4, 0.5) is 5.00 Å². The van der Waals surface area contributed by atoms with Crippen LogP contribution in [0, 0.1) is 0 Å². The van der Waals surface area contributed by atoms with E-state index in [-0.39, 0.29) is 0 Å². The lowest BCUT2D eigenvalue weighted by molar-refractivity contribution is 0.424. The van der Waals surface area contributed by atoms with E-state index in [1.807, 2.05) is 6.07 Å². The highest BCUT2D eigenvalue weighted by molar-refractivity contribution is 7.16. The molecule has 1 aliphatic rings. The molecule has 0 radical (unpaired) electrons. The molecule has 3 heterocycles. The van der Waals surface area contributed by atoms with Crippen LogP contribution in [-0.2, 0) is 19.3 Å². The molecule has 2 N–H and O–H groups in total. The molecule has 0 bridgehead atoms. The van der Waals surface area contributed by atoms with Gasteiger partial charge in [0, 0.05) is 16.2 Å². The van der Waals surface area contributed by atoms with E-state index in [9.17, 15) is 0 Å². The summed E-state index contributed by atoms with van der Waals surface area (Å²) in [4.78, 5) is 7.14. The number of nitrogens with two attached hydrogens (primary N) is 1. The average Bonchev–Trinajstić information content (AvgIpc) is 3.14. The van der Waals surface area contributed by atoms with E-state index in [1.165, 1.54) is 21.7 Å². The molecule has 0 saturated heterocycles. The summed E-state index contributed by atoms with van der Waals surface area (Å²) in [5.41, 5.74) is 8.42. The zero-order valence-corrected chi connectivity index (χ0v) is 12.4. The van der Waals surface area contributed by atoms with Gasteiger partial charge in [0.15, 0.2) is 5.82 Å². The summed E-state index contributed by atoms with van der Waals surface area (Å²) in [6.07, 6.45) is 4.11. The first kappa shape index (κ1) is 12.1. The van der Waals surface area contributed by atoms with E-state index in [4.69, 9.17) is 10.3 Å². The number of anilines is 1. The molecule has 0 unspecified atom stereocenters. The summed E-state index contributed by atoms with van der Waals surface area (Å²) >= 11 is 3.37. The van der Waals surface area contributed by atoms with Crippen molar-refractivity contribution in [2.45, 2.75) is 25.7 Å². The molecule has 0 fully saturated rings. The fourth-order valence-corrected chi connectivity index (χ4v) is 4.51. The van der Waals surface area contributed by atoms with Gasteiger partial charge in [-0.05, 0) is 36.3 Å². The molecule has 0 amide bonds. The Morgan fingerprint density at radius 3 is 3.15 bits per heavy atom. The molecule has 0 aromatic carbocycles. The number of nitrogen functional groups attached to an aromatic ring is 1. The van der Waals surface area contributed by atoms with Crippen LogP contribution in [-0.4, -0.2) is 10.1 Å². The number of rotatable bonds is 3. The largest absolute Gasteiger partial charge is 0.390 e. The Hall–Kier alpha value is -1.66. The fraction of sp³-hybridized carbons (Fsp3) is 0.286. The molecule has 1 aliphatic carbocycles. The summed E-state index contributed by atoms with van der Waals surface area (Å²) in [5, 5.41) is 6.95. The van der Waals surface area contributed by atoms with Crippen LogP contribution in [0.15, 0.2) is 22.0 Å². The van der Waals surface area contributed by atoms with Crippen molar-refractivity contribution in [3.63, 3.8) is 0 Å². The molecule has 6 heteroatoms. The summed E-state index contributed by atoms with van der Waals surface area (Å²) in [5.74, 6) is 1.30. The quantitative estimate of drug-likeness (QED) is 0.804. The maximum Gasteiger partial charge on any atom is 0.261 e. The van der Waals surface area contributed by atoms with Crippen LogP contribution < -0.4 is 5.73 Å². The highest BCUT2D eigenvalue weighted by Crippen LogP contribution is 2.42. The van der Waals surface area contributed by atoms with Gasteiger partial charge in [-0.25, -0.2) is 0 Å². The minimum absolute atomic E-state index is 0.577. The summed E-state index contributed by atoms with van der Waals surface area (Å²) in [7, 11) is 0. The van der Waals surface area contributed by atoms with Crippen molar-refractivity contribution >= 4 is 27.7 Å². The van der Waals surface area contributed by atoms with Gasteiger partial charge >= 0.3 is 0 Å². The zero-order chi connectivity index (χ0) is 13.5. The second-order valence-electron chi connectivity index (χ2n) is 4.87. The molecule has 4 nitrogen and oxygen atoms in total. The third-order valence-electron chi connectivity index (χ3n) is 3.54. The molecule has 3 aromatic heterocycles. The Morgan fingerprint density at radius 2 is 2.30 bits per heavy atom. The first-order chi connectivity index (χ1) is 9.81. The van der Waals surface area contributed by atoms with Gasteiger partial charge in [0.25, 0.3) is 5.89 Å². The second kappa shape index (κ2) is 4.71. The van der Waals surface area contributed by atoms with Gasteiger partial charge in [0.1, 0.15) is 0 Å². The van der Waals surface area contributed by atoms with Crippen LogP contribution in [0.1, 0.15) is 27.6 Å². The molecule has 4 rings (SSSR count). The normalized spacial score (nSPS) is 13.8. The van der Waals surface area contributed by atoms with Crippen LogP contribution in [0.3, 0.4) is 0 Å². The number of thiophene rings is 2. The SMILES string of the molecule is Nc1sc2c(c1-c1nc(Cc3cccs3)no1)CCC2. The Morgan fingerprint density at radius 1 is 1.35 bits per heavy atom. The number of nitrogens with zero attached hydrogens (tertiary/aromatic N) is 2. The number of aryl methyl sites for hydroxylation is 1. The van der Waals surface area contributed by atoms with Crippen molar-refractivity contribution < 1.29 is 4.52 Å². The van der Waals surface area contributed by atoms with Gasteiger partial charge in [-0.3, -0.25) is 0 Å². The molecule has 0 saturated carbocycles. The van der Waals surface area contributed by atoms with Crippen molar-refractivity contribution in [3.8, 4) is 11.5 Å². The van der Waals surface area contributed by atoms with E-state index < -0.39 is 0 Å². The highest BCUT2D eigenvalue weighted by Gasteiger charge is 2.25. The molecule has 20 heavy (non-hydrogen) atoms. The van der Waals surface area contributed by atoms with E-state index >= 15 is 0 Å². The average molecular weight is 303 g/mol. The lowest BCUT2D eigenvalue weighted by Crippen LogP contribution is -1.90. The molecule has 102 valence electrons. The van der Waals surface area contributed by atoms with Gasteiger partial charge in [0.2, 0.25) is 0 Å². The van der Waals surface area contributed by atoms with Crippen molar-refractivity contribution in [1.29, 1.82) is 0 Å². The third-order valence-corrected chi connectivity index (χ3v) is 5.54. The summed E-state index contributed by atoms with van der Waals surface area (Å²) < 4.78 is 5.43. The van der Waals surface area contributed by atoms with E-state index in [0.717, 1.165) is 29.2 Å². The van der Waals surface area contributed by atoms with Crippen molar-refractivity contribution in [1.82, 2.24) is 10.1 Å². The van der Waals surface area contributed by atoms with Gasteiger partial charge in [-0.1, -0.05) is 11.2 Å². The number of fused-ring (bicyclic) bond motifs is 1. The van der Waals surface area contributed by atoms with Crippen LogP contribution >= 0.6 is 22.7 Å². The third kappa shape index (κ3) is 1.96. The Kier molecular flexibility index (Phi) is 2.85. The van der Waals surface area contributed by atoms with Crippen LogP contribution in [0.2, 0.25) is 0 Å². The maximum absolute atomic E-state index is 6.12. The molecule has 0 spiro atoms. The lowest BCUT2D eigenvalue weighted by atomic mass is 10.1. The molecule has 0 atom stereocenters. The molecule has 3 aromatic rings. The predicted octanol–water partition coefficient (Wildman–Crippen LogP) is 3.52. The first-order valence-corrected chi connectivity index (χ1v) is 8.26. The van der Waals surface area contributed by atoms with Gasteiger partial charge in [0.05, 0.1) is 10.6 Å². The van der Waals surface area contributed by atoms with Crippen LogP contribution in [0.25, 0.3) is 11.5 Å². The van der Waals surface area contributed by atoms with Crippen LogP contribution in [0.5, 0.6) is 0 Å². The highest BCUT2D eigenvalue weighted by atomic mass is 32.1. The molecular weight excluding hydrogens is 290 g/mol. The van der Waals surface area contributed by atoms with Gasteiger partial charge < -0.3 is 10.3 Å². The fourth-order valence-electron chi connectivity index (χ4n) is 2.66. The molecular formula is C14H13N3OS2. The van der Waals surface area contributed by atoms with E-state index in [2.05, 4.69) is 21.6 Å².